The molecule has 0 aromatic heterocycles. The van der Waals surface area contributed by atoms with E-state index in [9.17, 15) is 9.18 Å². The van der Waals surface area contributed by atoms with Crippen molar-refractivity contribution in [2.75, 3.05) is 12.8 Å². The van der Waals surface area contributed by atoms with Crippen LogP contribution in [0.4, 0.5) is 10.1 Å². The summed E-state index contributed by atoms with van der Waals surface area (Å²) in [7, 11) is 1.48. The SMILES string of the molecule is COc1cccc(C(=O)NC(C)c2ccccc2F)c1N. The van der Waals surface area contributed by atoms with Crippen LogP contribution in [0, 0.1) is 5.82 Å². The number of anilines is 1. The first-order valence-corrected chi connectivity index (χ1v) is 6.52. The van der Waals surface area contributed by atoms with E-state index in [1.165, 1.54) is 13.2 Å². The van der Waals surface area contributed by atoms with Gasteiger partial charge in [-0.3, -0.25) is 4.79 Å². The summed E-state index contributed by atoms with van der Waals surface area (Å²) >= 11 is 0. The zero-order valence-corrected chi connectivity index (χ0v) is 11.9. The molecule has 2 aromatic carbocycles. The predicted molar refractivity (Wildman–Crippen MR) is 79.7 cm³/mol. The van der Waals surface area contributed by atoms with Gasteiger partial charge in [0.15, 0.2) is 0 Å². The molecular formula is C16H17FN2O2. The van der Waals surface area contributed by atoms with Gasteiger partial charge in [0.1, 0.15) is 11.6 Å². The average molecular weight is 288 g/mol. The Morgan fingerprint density at radius 2 is 1.95 bits per heavy atom. The number of nitrogens with two attached hydrogens (primary N) is 1. The van der Waals surface area contributed by atoms with Gasteiger partial charge in [0.05, 0.1) is 24.4 Å². The lowest BCUT2D eigenvalue weighted by Crippen LogP contribution is -2.28. The van der Waals surface area contributed by atoms with Gasteiger partial charge in [-0.15, -0.1) is 0 Å². The van der Waals surface area contributed by atoms with Gasteiger partial charge >= 0.3 is 0 Å². The molecule has 1 unspecified atom stereocenters. The third-order valence-corrected chi connectivity index (χ3v) is 3.25. The lowest BCUT2D eigenvalue weighted by molar-refractivity contribution is 0.0940. The monoisotopic (exact) mass is 288 g/mol. The second-order valence-corrected chi connectivity index (χ2v) is 4.64. The molecule has 1 amide bonds. The van der Waals surface area contributed by atoms with Crippen LogP contribution < -0.4 is 15.8 Å². The van der Waals surface area contributed by atoms with Gasteiger partial charge in [-0.25, -0.2) is 4.39 Å². The molecule has 0 heterocycles. The molecule has 0 saturated heterocycles. The largest absolute Gasteiger partial charge is 0.495 e. The standard InChI is InChI=1S/C16H17FN2O2/c1-10(11-6-3-4-8-13(11)17)19-16(20)12-7-5-9-14(21-2)15(12)18/h3-10H,18H2,1-2H3,(H,19,20). The van der Waals surface area contributed by atoms with Crippen LogP contribution in [0.5, 0.6) is 5.75 Å². The Morgan fingerprint density at radius 1 is 1.24 bits per heavy atom. The Bertz CT molecular complexity index is 658. The van der Waals surface area contributed by atoms with Crippen molar-refractivity contribution in [2.45, 2.75) is 13.0 Å². The number of hydrogen-bond donors (Lipinski definition) is 2. The number of benzene rings is 2. The van der Waals surface area contributed by atoms with E-state index < -0.39 is 6.04 Å². The molecule has 0 bridgehead atoms. The minimum Gasteiger partial charge on any atom is -0.495 e. The summed E-state index contributed by atoms with van der Waals surface area (Å²) in [6.07, 6.45) is 0. The highest BCUT2D eigenvalue weighted by Gasteiger charge is 2.17. The number of amides is 1. The van der Waals surface area contributed by atoms with Crippen molar-refractivity contribution in [3.05, 3.63) is 59.4 Å². The van der Waals surface area contributed by atoms with Gasteiger partial charge < -0.3 is 15.8 Å². The van der Waals surface area contributed by atoms with Crippen molar-refractivity contribution in [1.82, 2.24) is 5.32 Å². The molecule has 4 nitrogen and oxygen atoms in total. The maximum absolute atomic E-state index is 13.7. The van der Waals surface area contributed by atoms with Crippen LogP contribution in [0.3, 0.4) is 0 Å². The molecule has 0 aliphatic rings. The van der Waals surface area contributed by atoms with Crippen LogP contribution in [0.25, 0.3) is 0 Å². The molecule has 110 valence electrons. The molecule has 0 aliphatic heterocycles. The normalized spacial score (nSPS) is 11.8. The van der Waals surface area contributed by atoms with Crippen molar-refractivity contribution in [2.24, 2.45) is 0 Å². The number of ether oxygens (including phenoxy) is 1. The Labute approximate surface area is 122 Å². The van der Waals surface area contributed by atoms with Crippen molar-refractivity contribution in [3.8, 4) is 5.75 Å². The van der Waals surface area contributed by atoms with E-state index >= 15 is 0 Å². The average Bonchev–Trinajstić information content (AvgIpc) is 2.47. The first kappa shape index (κ1) is 14.8. The van der Waals surface area contributed by atoms with Gasteiger partial charge in [0.2, 0.25) is 0 Å². The number of nitrogens with one attached hydrogen (secondary N) is 1. The van der Waals surface area contributed by atoms with Crippen LogP contribution >= 0.6 is 0 Å². The minimum atomic E-state index is -0.468. The third-order valence-electron chi connectivity index (χ3n) is 3.25. The van der Waals surface area contributed by atoms with Gasteiger partial charge in [-0.2, -0.15) is 0 Å². The Kier molecular flexibility index (Phi) is 4.42. The van der Waals surface area contributed by atoms with E-state index in [0.717, 1.165) is 0 Å². The van der Waals surface area contributed by atoms with Crippen molar-refractivity contribution in [1.29, 1.82) is 0 Å². The molecule has 2 rings (SSSR count). The molecule has 2 aromatic rings. The van der Waals surface area contributed by atoms with Crippen molar-refractivity contribution in [3.63, 3.8) is 0 Å². The van der Waals surface area contributed by atoms with Crippen LogP contribution in [-0.2, 0) is 0 Å². The van der Waals surface area contributed by atoms with E-state index in [4.69, 9.17) is 10.5 Å². The Balaban J connectivity index is 2.21. The summed E-state index contributed by atoms with van der Waals surface area (Å²) < 4.78 is 18.8. The maximum atomic E-state index is 13.7. The Morgan fingerprint density at radius 3 is 2.62 bits per heavy atom. The fraction of sp³-hybridized carbons (Fsp3) is 0.188. The zero-order chi connectivity index (χ0) is 15.4. The number of rotatable bonds is 4. The summed E-state index contributed by atoms with van der Waals surface area (Å²) in [5.41, 5.74) is 6.87. The van der Waals surface area contributed by atoms with Gasteiger partial charge in [0, 0.05) is 5.56 Å². The molecule has 5 heteroatoms. The molecule has 1 atom stereocenters. The predicted octanol–water partition coefficient (Wildman–Crippen LogP) is 2.91. The first-order chi connectivity index (χ1) is 10.0. The maximum Gasteiger partial charge on any atom is 0.253 e. The second-order valence-electron chi connectivity index (χ2n) is 4.64. The molecule has 0 fully saturated rings. The topological polar surface area (TPSA) is 64.3 Å². The van der Waals surface area contributed by atoms with E-state index in [1.54, 1.807) is 43.3 Å². The highest BCUT2D eigenvalue weighted by molar-refractivity contribution is 6.00. The summed E-state index contributed by atoms with van der Waals surface area (Å²) in [5.74, 6) is -0.299. The number of methoxy groups -OCH3 is 1. The third kappa shape index (κ3) is 3.13. The van der Waals surface area contributed by atoms with Gasteiger partial charge in [0.25, 0.3) is 5.91 Å². The zero-order valence-electron chi connectivity index (χ0n) is 11.9. The molecule has 21 heavy (non-hydrogen) atoms. The van der Waals surface area contributed by atoms with Crippen LogP contribution in [0.2, 0.25) is 0 Å². The fourth-order valence-electron chi connectivity index (χ4n) is 2.10. The van der Waals surface area contributed by atoms with E-state index in [-0.39, 0.29) is 17.4 Å². The van der Waals surface area contributed by atoms with E-state index in [1.807, 2.05) is 0 Å². The van der Waals surface area contributed by atoms with Crippen molar-refractivity contribution < 1.29 is 13.9 Å². The Hall–Kier alpha value is -2.56. The molecule has 0 aliphatic carbocycles. The minimum absolute atomic E-state index is 0.262. The lowest BCUT2D eigenvalue weighted by atomic mass is 10.1. The lowest BCUT2D eigenvalue weighted by Gasteiger charge is -2.16. The van der Waals surface area contributed by atoms with E-state index in [2.05, 4.69) is 5.32 Å². The number of carbonyl (C=O) groups excluding carboxylic acids is 1. The van der Waals surface area contributed by atoms with Crippen LogP contribution in [-0.4, -0.2) is 13.0 Å². The fourth-order valence-corrected chi connectivity index (χ4v) is 2.10. The van der Waals surface area contributed by atoms with Gasteiger partial charge in [-0.05, 0) is 25.1 Å². The summed E-state index contributed by atoms with van der Waals surface area (Å²) in [6, 6.07) is 10.8. The number of halogens is 1. The van der Waals surface area contributed by atoms with E-state index in [0.29, 0.717) is 16.9 Å². The second kappa shape index (κ2) is 6.26. The number of nitrogen functional groups attached to an aromatic ring is 1. The summed E-state index contributed by atoms with van der Waals surface area (Å²) in [6.45, 7) is 1.71. The first-order valence-electron chi connectivity index (χ1n) is 6.52. The highest BCUT2D eigenvalue weighted by Crippen LogP contribution is 2.25. The molecule has 0 radical (unpaired) electrons. The van der Waals surface area contributed by atoms with Crippen LogP contribution in [0.15, 0.2) is 42.5 Å². The molecule has 0 saturated carbocycles. The molecule has 3 N–H and O–H groups in total. The molecule has 0 spiro atoms. The smallest absolute Gasteiger partial charge is 0.253 e. The van der Waals surface area contributed by atoms with Gasteiger partial charge in [-0.1, -0.05) is 24.3 Å². The number of carbonyl (C=O) groups is 1. The number of para-hydroxylation sites is 1. The van der Waals surface area contributed by atoms with Crippen LogP contribution in [0.1, 0.15) is 28.9 Å². The highest BCUT2D eigenvalue weighted by atomic mass is 19.1. The number of hydrogen-bond acceptors (Lipinski definition) is 3. The quantitative estimate of drug-likeness (QED) is 0.850. The summed E-state index contributed by atoms with van der Waals surface area (Å²) in [5, 5.41) is 2.73. The summed E-state index contributed by atoms with van der Waals surface area (Å²) in [4.78, 5) is 12.3. The molecular weight excluding hydrogens is 271 g/mol. The van der Waals surface area contributed by atoms with Crippen molar-refractivity contribution >= 4 is 11.6 Å².